The lowest BCUT2D eigenvalue weighted by atomic mass is 10.3. The van der Waals surface area contributed by atoms with Crippen molar-refractivity contribution in [3.63, 3.8) is 0 Å². The van der Waals surface area contributed by atoms with Gasteiger partial charge < -0.3 is 0 Å². The SMILES string of the molecule is O=C(CSc1ccccc1)NNc1nc2c(Cl)cccc2s1. The van der Waals surface area contributed by atoms with E-state index in [1.54, 1.807) is 6.07 Å². The third-order valence-corrected chi connectivity index (χ3v) is 5.04. The van der Waals surface area contributed by atoms with Gasteiger partial charge in [-0.25, -0.2) is 4.98 Å². The zero-order valence-electron chi connectivity index (χ0n) is 11.4. The number of amides is 1. The van der Waals surface area contributed by atoms with Crippen LogP contribution in [0, 0.1) is 0 Å². The largest absolute Gasteiger partial charge is 0.273 e. The highest BCUT2D eigenvalue weighted by atomic mass is 35.5. The first-order valence-electron chi connectivity index (χ1n) is 6.50. The maximum Gasteiger partial charge on any atom is 0.248 e. The van der Waals surface area contributed by atoms with Crippen LogP contribution in [0.15, 0.2) is 53.4 Å². The number of fused-ring (bicyclic) bond motifs is 1. The Morgan fingerprint density at radius 1 is 1.18 bits per heavy atom. The maximum absolute atomic E-state index is 11.8. The van der Waals surface area contributed by atoms with Gasteiger partial charge in [-0.3, -0.25) is 15.6 Å². The molecule has 3 aromatic rings. The van der Waals surface area contributed by atoms with Gasteiger partial charge in [-0.1, -0.05) is 47.2 Å². The molecule has 0 aliphatic rings. The Balaban J connectivity index is 1.55. The normalized spacial score (nSPS) is 10.6. The van der Waals surface area contributed by atoms with E-state index >= 15 is 0 Å². The third-order valence-electron chi connectivity index (χ3n) is 2.79. The van der Waals surface area contributed by atoms with Crippen LogP contribution in [-0.2, 0) is 4.79 Å². The number of para-hydroxylation sites is 1. The molecule has 7 heteroatoms. The minimum absolute atomic E-state index is 0.112. The smallest absolute Gasteiger partial charge is 0.248 e. The Kier molecular flexibility index (Phi) is 4.82. The molecule has 0 atom stereocenters. The van der Waals surface area contributed by atoms with Crippen molar-refractivity contribution in [3.05, 3.63) is 53.6 Å². The topological polar surface area (TPSA) is 54.0 Å². The lowest BCUT2D eigenvalue weighted by molar-refractivity contribution is -0.118. The summed E-state index contributed by atoms with van der Waals surface area (Å²) in [5.74, 6) is 0.224. The predicted molar refractivity (Wildman–Crippen MR) is 93.6 cm³/mol. The third kappa shape index (κ3) is 3.71. The Morgan fingerprint density at radius 2 is 2.00 bits per heavy atom. The van der Waals surface area contributed by atoms with Crippen molar-refractivity contribution in [2.75, 3.05) is 11.2 Å². The number of thioether (sulfide) groups is 1. The van der Waals surface area contributed by atoms with Gasteiger partial charge in [0.15, 0.2) is 0 Å². The summed E-state index contributed by atoms with van der Waals surface area (Å²) >= 11 is 9.00. The molecule has 0 aliphatic heterocycles. The molecule has 0 radical (unpaired) electrons. The molecule has 1 aromatic heterocycles. The molecule has 112 valence electrons. The van der Waals surface area contributed by atoms with Crippen molar-refractivity contribution in [2.24, 2.45) is 0 Å². The van der Waals surface area contributed by atoms with E-state index in [1.165, 1.54) is 23.1 Å². The van der Waals surface area contributed by atoms with Gasteiger partial charge >= 0.3 is 0 Å². The Labute approximate surface area is 140 Å². The highest BCUT2D eigenvalue weighted by molar-refractivity contribution is 8.00. The van der Waals surface area contributed by atoms with Gasteiger partial charge in [0.05, 0.1) is 15.5 Å². The van der Waals surface area contributed by atoms with Crippen molar-refractivity contribution in [1.29, 1.82) is 0 Å². The Hall–Kier alpha value is -1.76. The van der Waals surface area contributed by atoms with Crippen molar-refractivity contribution in [2.45, 2.75) is 4.90 Å². The van der Waals surface area contributed by atoms with Crippen LogP contribution in [0.1, 0.15) is 0 Å². The lowest BCUT2D eigenvalue weighted by Gasteiger charge is -2.05. The minimum Gasteiger partial charge on any atom is -0.273 e. The van der Waals surface area contributed by atoms with Crippen molar-refractivity contribution < 1.29 is 4.79 Å². The summed E-state index contributed by atoms with van der Waals surface area (Å²) in [4.78, 5) is 17.2. The average molecular weight is 350 g/mol. The van der Waals surface area contributed by atoms with Gasteiger partial charge in [0.25, 0.3) is 0 Å². The number of aromatic nitrogens is 1. The number of halogens is 1. The molecule has 3 rings (SSSR count). The second kappa shape index (κ2) is 7.00. The molecule has 2 N–H and O–H groups in total. The fraction of sp³-hybridized carbons (Fsp3) is 0.0667. The zero-order chi connectivity index (χ0) is 15.4. The van der Waals surface area contributed by atoms with Gasteiger partial charge in [0.2, 0.25) is 11.0 Å². The molecule has 0 aliphatic carbocycles. The van der Waals surface area contributed by atoms with Gasteiger partial charge in [-0.2, -0.15) is 0 Å². The Morgan fingerprint density at radius 3 is 2.77 bits per heavy atom. The van der Waals surface area contributed by atoms with E-state index in [2.05, 4.69) is 15.8 Å². The first-order valence-corrected chi connectivity index (χ1v) is 8.68. The molecule has 0 spiro atoms. The lowest BCUT2D eigenvalue weighted by Crippen LogP contribution is -2.30. The summed E-state index contributed by atoms with van der Waals surface area (Å²) in [5.41, 5.74) is 6.22. The van der Waals surface area contributed by atoms with Crippen molar-refractivity contribution in [1.82, 2.24) is 10.4 Å². The number of anilines is 1. The molecule has 0 saturated heterocycles. The number of nitrogens with zero attached hydrogens (tertiary/aromatic N) is 1. The number of hydrogen-bond acceptors (Lipinski definition) is 5. The molecule has 1 amide bonds. The van der Waals surface area contributed by atoms with Crippen LogP contribution in [-0.4, -0.2) is 16.6 Å². The fourth-order valence-electron chi connectivity index (χ4n) is 1.79. The predicted octanol–water partition coefficient (Wildman–Crippen LogP) is 4.19. The standard InChI is InChI=1S/C15H12ClN3OS2/c16-11-7-4-8-12-14(11)17-15(22-12)19-18-13(20)9-21-10-5-2-1-3-6-10/h1-8H,9H2,(H,17,19)(H,18,20). The van der Waals surface area contributed by atoms with E-state index in [9.17, 15) is 4.79 Å². The highest BCUT2D eigenvalue weighted by Crippen LogP contribution is 2.30. The molecule has 22 heavy (non-hydrogen) atoms. The van der Waals surface area contributed by atoms with Crippen LogP contribution in [0.25, 0.3) is 10.2 Å². The van der Waals surface area contributed by atoms with E-state index in [-0.39, 0.29) is 5.91 Å². The van der Waals surface area contributed by atoms with Crippen LogP contribution in [0.3, 0.4) is 0 Å². The van der Waals surface area contributed by atoms with Crippen LogP contribution in [0.5, 0.6) is 0 Å². The number of benzene rings is 2. The first-order chi connectivity index (χ1) is 10.7. The van der Waals surface area contributed by atoms with Gasteiger partial charge in [-0.05, 0) is 24.3 Å². The fourth-order valence-corrected chi connectivity index (χ4v) is 3.63. The van der Waals surface area contributed by atoms with Crippen molar-refractivity contribution >= 4 is 56.0 Å². The average Bonchev–Trinajstić information content (AvgIpc) is 2.96. The van der Waals surface area contributed by atoms with E-state index in [4.69, 9.17) is 11.6 Å². The summed E-state index contributed by atoms with van der Waals surface area (Å²) < 4.78 is 0.975. The molecule has 0 saturated carbocycles. The number of hydrazine groups is 1. The van der Waals surface area contributed by atoms with E-state index < -0.39 is 0 Å². The molecular formula is C15H12ClN3OS2. The number of thiazole rings is 1. The van der Waals surface area contributed by atoms with Gasteiger partial charge in [0.1, 0.15) is 5.52 Å². The van der Waals surface area contributed by atoms with Gasteiger partial charge in [-0.15, -0.1) is 11.8 Å². The monoisotopic (exact) mass is 349 g/mol. The number of carbonyl (C=O) groups is 1. The summed E-state index contributed by atoms with van der Waals surface area (Å²) in [6.07, 6.45) is 0. The molecular weight excluding hydrogens is 338 g/mol. The second-order valence-corrected chi connectivity index (χ2v) is 6.87. The molecule has 0 unspecified atom stereocenters. The van der Waals surface area contributed by atoms with Crippen LogP contribution >= 0.6 is 34.7 Å². The molecule has 1 heterocycles. The summed E-state index contributed by atoms with van der Waals surface area (Å²) in [6.45, 7) is 0. The molecule has 0 fully saturated rings. The van der Waals surface area contributed by atoms with Crippen molar-refractivity contribution in [3.8, 4) is 0 Å². The van der Waals surface area contributed by atoms with Gasteiger partial charge in [0, 0.05) is 4.90 Å². The van der Waals surface area contributed by atoms with E-state index in [1.807, 2.05) is 42.5 Å². The minimum atomic E-state index is -0.112. The number of hydrogen-bond donors (Lipinski definition) is 2. The van der Waals surface area contributed by atoms with E-state index in [0.29, 0.717) is 15.9 Å². The first kappa shape index (κ1) is 15.1. The Bertz CT molecular complexity index is 792. The number of carbonyl (C=O) groups excluding carboxylic acids is 1. The van der Waals surface area contributed by atoms with Crippen LogP contribution < -0.4 is 10.9 Å². The van der Waals surface area contributed by atoms with E-state index in [0.717, 1.165) is 15.1 Å². The number of rotatable bonds is 5. The summed E-state index contributed by atoms with van der Waals surface area (Å²) in [6, 6.07) is 15.4. The highest BCUT2D eigenvalue weighted by Gasteiger charge is 2.08. The second-order valence-electron chi connectivity index (χ2n) is 4.38. The molecule has 0 bridgehead atoms. The summed E-state index contributed by atoms with van der Waals surface area (Å²) in [7, 11) is 0. The molecule has 2 aromatic carbocycles. The maximum atomic E-state index is 11.8. The van der Waals surface area contributed by atoms with Crippen LogP contribution in [0.4, 0.5) is 5.13 Å². The summed E-state index contributed by atoms with van der Waals surface area (Å²) in [5, 5.41) is 1.22. The molecule has 4 nitrogen and oxygen atoms in total. The zero-order valence-corrected chi connectivity index (χ0v) is 13.8. The quantitative estimate of drug-likeness (QED) is 0.536. The number of nitrogens with one attached hydrogen (secondary N) is 2. The van der Waals surface area contributed by atoms with Crippen LogP contribution in [0.2, 0.25) is 5.02 Å².